The number of rotatable bonds is 10. The van der Waals surface area contributed by atoms with Crippen molar-refractivity contribution in [2.45, 2.75) is 49.4 Å². The molecule has 204 valence electrons. The summed E-state index contributed by atoms with van der Waals surface area (Å²) in [5.41, 5.74) is 2.60. The number of benzene rings is 2. The summed E-state index contributed by atoms with van der Waals surface area (Å²) in [6, 6.07) is 16.7. The van der Waals surface area contributed by atoms with E-state index in [4.69, 9.17) is 4.74 Å². The van der Waals surface area contributed by atoms with Gasteiger partial charge in [-0.15, -0.1) is 0 Å². The van der Waals surface area contributed by atoms with Gasteiger partial charge in [-0.05, 0) is 59.7 Å². The summed E-state index contributed by atoms with van der Waals surface area (Å²) in [6.07, 6.45) is 4.48. The Bertz CT molecular complexity index is 1600. The molecule has 2 heterocycles. The number of nitrogens with zero attached hydrogens (tertiary/aromatic N) is 3. The van der Waals surface area contributed by atoms with E-state index in [0.29, 0.717) is 24.6 Å². The van der Waals surface area contributed by atoms with Gasteiger partial charge in [0.1, 0.15) is 5.82 Å². The van der Waals surface area contributed by atoms with Crippen LogP contribution in [0, 0.1) is 12.8 Å². The Morgan fingerprint density at radius 2 is 1.72 bits per heavy atom. The molecular weight excluding hydrogens is 514 g/mol. The van der Waals surface area contributed by atoms with E-state index in [1.54, 1.807) is 24.5 Å². The molecule has 2 aromatic heterocycles. The van der Waals surface area contributed by atoms with Gasteiger partial charge < -0.3 is 9.84 Å². The fraction of sp³-hybridized carbons (Fsp3) is 0.300. The molecule has 4 rings (SSSR count). The van der Waals surface area contributed by atoms with Crippen LogP contribution >= 0.6 is 0 Å². The predicted octanol–water partition coefficient (Wildman–Crippen LogP) is 4.98. The zero-order valence-electron chi connectivity index (χ0n) is 22.5. The van der Waals surface area contributed by atoms with Gasteiger partial charge in [0, 0.05) is 25.9 Å². The first kappa shape index (κ1) is 28.2. The number of hydrogen-bond donors (Lipinski definition) is 1. The van der Waals surface area contributed by atoms with E-state index < -0.39 is 32.2 Å². The average Bonchev–Trinajstić information content (AvgIpc) is 2.91. The van der Waals surface area contributed by atoms with Gasteiger partial charge in [-0.3, -0.25) is 14.3 Å². The van der Waals surface area contributed by atoms with Crippen molar-refractivity contribution in [1.82, 2.24) is 14.5 Å². The van der Waals surface area contributed by atoms with Crippen LogP contribution in [0.3, 0.4) is 0 Å². The molecule has 0 radical (unpaired) electrons. The molecule has 0 unspecified atom stereocenters. The highest BCUT2D eigenvalue weighted by atomic mass is 32.2. The molecule has 0 aliphatic rings. The SMILES string of the molecule is COC[C@@H](c1ccccc1)n1c(CCC(C)C)nc(O)c(S(=O)(=O)c2ccc(-c3ccncc3C)cc2)c1=O. The van der Waals surface area contributed by atoms with E-state index in [2.05, 4.69) is 9.97 Å². The van der Waals surface area contributed by atoms with Gasteiger partial charge in [-0.2, -0.15) is 4.98 Å². The predicted molar refractivity (Wildman–Crippen MR) is 150 cm³/mol. The molecule has 1 atom stereocenters. The topological polar surface area (TPSA) is 111 Å². The highest BCUT2D eigenvalue weighted by molar-refractivity contribution is 7.91. The Hall–Kier alpha value is -3.82. The van der Waals surface area contributed by atoms with Crippen molar-refractivity contribution >= 4 is 9.84 Å². The number of aryl methyl sites for hydroxylation is 2. The maximum Gasteiger partial charge on any atom is 0.277 e. The van der Waals surface area contributed by atoms with Crippen LogP contribution in [-0.4, -0.2) is 41.8 Å². The first-order valence-electron chi connectivity index (χ1n) is 12.8. The Kier molecular flexibility index (Phi) is 8.62. The number of ether oxygens (including phenoxy) is 1. The van der Waals surface area contributed by atoms with Gasteiger partial charge in [0.15, 0.2) is 4.90 Å². The summed E-state index contributed by atoms with van der Waals surface area (Å²) in [4.78, 5) is 21.5. The van der Waals surface area contributed by atoms with Crippen LogP contribution in [0.4, 0.5) is 0 Å². The summed E-state index contributed by atoms with van der Waals surface area (Å²) in [6.45, 7) is 6.12. The largest absolute Gasteiger partial charge is 0.492 e. The van der Waals surface area contributed by atoms with Crippen LogP contribution in [0.15, 0.2) is 87.6 Å². The molecule has 4 aromatic rings. The summed E-state index contributed by atoms with van der Waals surface area (Å²) in [7, 11) is -2.89. The molecule has 0 saturated carbocycles. The minimum atomic E-state index is -4.41. The Morgan fingerprint density at radius 1 is 1.03 bits per heavy atom. The molecule has 0 amide bonds. The molecule has 2 aromatic carbocycles. The van der Waals surface area contributed by atoms with Crippen LogP contribution in [0.2, 0.25) is 0 Å². The van der Waals surface area contributed by atoms with Crippen LogP contribution in [0.5, 0.6) is 5.88 Å². The highest BCUT2D eigenvalue weighted by Gasteiger charge is 2.32. The van der Waals surface area contributed by atoms with E-state index in [-0.39, 0.29) is 11.5 Å². The van der Waals surface area contributed by atoms with Gasteiger partial charge >= 0.3 is 0 Å². The molecular formula is C30H33N3O5S. The van der Waals surface area contributed by atoms with Crippen molar-refractivity contribution in [2.75, 3.05) is 13.7 Å². The van der Waals surface area contributed by atoms with E-state index in [9.17, 15) is 18.3 Å². The fourth-order valence-electron chi connectivity index (χ4n) is 4.58. The second kappa shape index (κ2) is 11.9. The van der Waals surface area contributed by atoms with Crippen molar-refractivity contribution in [3.63, 3.8) is 0 Å². The van der Waals surface area contributed by atoms with Gasteiger partial charge in [-0.25, -0.2) is 8.42 Å². The standard InChI is InChI=1S/C30H33N3O5S/c1-20(2)10-15-27-32-29(34)28(30(35)33(27)26(19-38-4)23-8-6-5-7-9-23)39(36,37)24-13-11-22(12-14-24)25-16-17-31-18-21(25)3/h5-9,11-14,16-18,20,26,34H,10,15,19H2,1-4H3/t26-/m0/s1. The molecule has 0 aliphatic carbocycles. The number of pyridine rings is 1. The minimum Gasteiger partial charge on any atom is -0.492 e. The molecule has 8 nitrogen and oxygen atoms in total. The van der Waals surface area contributed by atoms with Gasteiger partial charge in [0.25, 0.3) is 5.56 Å². The maximum atomic E-state index is 14.0. The summed E-state index contributed by atoms with van der Waals surface area (Å²) in [5.74, 6) is -0.186. The summed E-state index contributed by atoms with van der Waals surface area (Å²) < 4.78 is 34.4. The van der Waals surface area contributed by atoms with Gasteiger partial charge in [-0.1, -0.05) is 56.3 Å². The Labute approximate surface area is 228 Å². The molecule has 0 saturated heterocycles. The van der Waals surface area contributed by atoms with Crippen molar-refractivity contribution in [2.24, 2.45) is 5.92 Å². The maximum absolute atomic E-state index is 14.0. The first-order valence-corrected chi connectivity index (χ1v) is 14.3. The lowest BCUT2D eigenvalue weighted by atomic mass is 10.0. The van der Waals surface area contributed by atoms with Crippen molar-refractivity contribution < 1.29 is 18.3 Å². The first-order chi connectivity index (χ1) is 18.6. The van der Waals surface area contributed by atoms with Crippen molar-refractivity contribution in [3.8, 4) is 17.0 Å². The Balaban J connectivity index is 1.88. The number of sulfone groups is 1. The third kappa shape index (κ3) is 5.94. The van der Waals surface area contributed by atoms with E-state index >= 15 is 0 Å². The van der Waals surface area contributed by atoms with E-state index in [1.165, 1.54) is 23.8 Å². The fourth-order valence-corrected chi connectivity index (χ4v) is 5.93. The summed E-state index contributed by atoms with van der Waals surface area (Å²) >= 11 is 0. The van der Waals surface area contributed by atoms with Crippen LogP contribution in [-0.2, 0) is 21.0 Å². The number of aromatic hydroxyl groups is 1. The normalized spacial score (nSPS) is 12.5. The van der Waals surface area contributed by atoms with E-state index in [0.717, 1.165) is 22.3 Å². The van der Waals surface area contributed by atoms with Crippen LogP contribution in [0.1, 0.15) is 43.3 Å². The molecule has 0 aliphatic heterocycles. The van der Waals surface area contributed by atoms with Crippen LogP contribution < -0.4 is 5.56 Å². The molecule has 0 bridgehead atoms. The average molecular weight is 548 g/mol. The number of aromatic nitrogens is 3. The lowest BCUT2D eigenvalue weighted by Crippen LogP contribution is -2.35. The zero-order chi connectivity index (χ0) is 28.2. The van der Waals surface area contributed by atoms with Gasteiger partial charge in [0.2, 0.25) is 15.7 Å². The van der Waals surface area contributed by atoms with Crippen LogP contribution in [0.25, 0.3) is 11.1 Å². The molecule has 0 fully saturated rings. The molecule has 39 heavy (non-hydrogen) atoms. The van der Waals surface area contributed by atoms with Crippen molar-refractivity contribution in [1.29, 1.82) is 0 Å². The second-order valence-electron chi connectivity index (χ2n) is 9.89. The monoisotopic (exact) mass is 547 g/mol. The minimum absolute atomic E-state index is 0.114. The molecule has 0 spiro atoms. The Morgan fingerprint density at radius 3 is 2.33 bits per heavy atom. The zero-order valence-corrected chi connectivity index (χ0v) is 23.4. The molecule has 1 N–H and O–H groups in total. The second-order valence-corrected chi connectivity index (χ2v) is 11.8. The lowest BCUT2D eigenvalue weighted by molar-refractivity contribution is 0.165. The van der Waals surface area contributed by atoms with E-state index in [1.807, 2.05) is 57.2 Å². The van der Waals surface area contributed by atoms with Crippen molar-refractivity contribution in [3.05, 3.63) is 100 Å². The smallest absolute Gasteiger partial charge is 0.277 e. The molecule has 9 heteroatoms. The number of hydrogen-bond acceptors (Lipinski definition) is 7. The summed E-state index contributed by atoms with van der Waals surface area (Å²) in [5, 5.41) is 10.9. The third-order valence-electron chi connectivity index (χ3n) is 6.66. The number of methoxy groups -OCH3 is 1. The lowest BCUT2D eigenvalue weighted by Gasteiger charge is -2.24. The third-order valence-corrected chi connectivity index (χ3v) is 8.45. The quantitative estimate of drug-likeness (QED) is 0.298. The van der Waals surface area contributed by atoms with Gasteiger partial charge in [0.05, 0.1) is 17.5 Å². The highest BCUT2D eigenvalue weighted by Crippen LogP contribution is 2.30.